The molecule has 2 heterocycles. The van der Waals surface area contributed by atoms with Crippen molar-refractivity contribution in [1.82, 2.24) is 20.6 Å². The molecule has 2 aromatic heterocycles. The number of amides is 2. The molecule has 0 saturated heterocycles. The Morgan fingerprint density at radius 3 is 2.37 bits per heavy atom. The molecule has 4 bridgehead atoms. The van der Waals surface area contributed by atoms with E-state index < -0.39 is 17.4 Å². The maximum Gasteiger partial charge on any atom is 0.414 e. The molecular formula is C22H23FN4O3. The Kier molecular flexibility index (Phi) is 4.45. The van der Waals surface area contributed by atoms with Crippen LogP contribution in [0.1, 0.15) is 49.0 Å². The predicted octanol–water partition coefficient (Wildman–Crippen LogP) is 3.23. The van der Waals surface area contributed by atoms with Crippen molar-refractivity contribution in [3.8, 4) is 5.88 Å². The van der Waals surface area contributed by atoms with Crippen LogP contribution in [0.5, 0.6) is 5.88 Å². The summed E-state index contributed by atoms with van der Waals surface area (Å²) >= 11 is 0. The van der Waals surface area contributed by atoms with Gasteiger partial charge in [0.15, 0.2) is 0 Å². The monoisotopic (exact) mass is 410 g/mol. The normalized spacial score (nSPS) is 31.2. The molecule has 0 aromatic carbocycles. The largest absolute Gasteiger partial charge is 0.414 e. The second kappa shape index (κ2) is 7.04. The molecule has 4 fully saturated rings. The number of carbonyl (C=O) groups is 2. The van der Waals surface area contributed by atoms with Gasteiger partial charge in [0, 0.05) is 23.3 Å². The summed E-state index contributed by atoms with van der Waals surface area (Å²) in [5.74, 6) is 0.274. The third-order valence-electron chi connectivity index (χ3n) is 6.60. The number of hydrogen-bond donors (Lipinski definition) is 2. The van der Waals surface area contributed by atoms with Crippen molar-refractivity contribution in [2.45, 2.75) is 49.6 Å². The van der Waals surface area contributed by atoms with Crippen LogP contribution < -0.4 is 15.4 Å². The molecule has 2 N–H and O–H groups in total. The van der Waals surface area contributed by atoms with E-state index >= 15 is 0 Å². The van der Waals surface area contributed by atoms with Crippen LogP contribution in [0.25, 0.3) is 0 Å². The molecule has 4 aliphatic carbocycles. The standard InChI is InChI=1S/C22H23FN4O3/c23-16-4-5-18(25-12-16)30-20(29)27-22-10-14-7-15(11-22)9-21(8-14,13-22)26-19(28)17-3-1-2-6-24-17/h1-6,12,14-15H,7-11,13H2,(H,26,28)(H,27,29). The fraction of sp³-hybridized carbons (Fsp3) is 0.455. The van der Waals surface area contributed by atoms with Crippen LogP contribution in [0.2, 0.25) is 0 Å². The number of halogens is 1. The lowest BCUT2D eigenvalue weighted by Crippen LogP contribution is -2.70. The molecule has 30 heavy (non-hydrogen) atoms. The Bertz CT molecular complexity index is 952. The second-order valence-electron chi connectivity index (χ2n) is 9.02. The molecule has 0 aliphatic heterocycles. The zero-order chi connectivity index (χ0) is 20.8. The fourth-order valence-corrected chi connectivity index (χ4v) is 6.12. The minimum atomic E-state index is -0.595. The van der Waals surface area contributed by atoms with Crippen LogP contribution in [-0.4, -0.2) is 33.0 Å². The van der Waals surface area contributed by atoms with Gasteiger partial charge in [-0.25, -0.2) is 14.2 Å². The Morgan fingerprint density at radius 2 is 1.73 bits per heavy atom. The summed E-state index contributed by atoms with van der Waals surface area (Å²) in [4.78, 5) is 33.3. The smallest absolute Gasteiger partial charge is 0.391 e. The Balaban J connectivity index is 1.31. The second-order valence-corrected chi connectivity index (χ2v) is 9.02. The van der Waals surface area contributed by atoms with Gasteiger partial charge in [-0.05, 0) is 68.6 Å². The highest BCUT2D eigenvalue weighted by Gasteiger charge is 2.59. The number of ether oxygens (including phenoxy) is 1. The van der Waals surface area contributed by atoms with Gasteiger partial charge in [0.25, 0.3) is 5.91 Å². The van der Waals surface area contributed by atoms with Crippen molar-refractivity contribution >= 4 is 12.0 Å². The molecule has 156 valence electrons. The van der Waals surface area contributed by atoms with Crippen LogP contribution in [0.4, 0.5) is 9.18 Å². The van der Waals surface area contributed by atoms with Gasteiger partial charge >= 0.3 is 6.09 Å². The van der Waals surface area contributed by atoms with E-state index in [0.29, 0.717) is 24.0 Å². The highest BCUT2D eigenvalue weighted by Crippen LogP contribution is 2.57. The summed E-state index contributed by atoms with van der Waals surface area (Å²) < 4.78 is 18.3. The number of aromatic nitrogens is 2. The molecule has 4 aliphatic rings. The van der Waals surface area contributed by atoms with E-state index in [-0.39, 0.29) is 17.3 Å². The van der Waals surface area contributed by atoms with Crippen LogP contribution in [0, 0.1) is 17.7 Å². The summed E-state index contributed by atoms with van der Waals surface area (Å²) in [6.07, 6.45) is 7.39. The van der Waals surface area contributed by atoms with Crippen LogP contribution in [0.3, 0.4) is 0 Å². The first kappa shape index (κ1) is 19.0. The van der Waals surface area contributed by atoms with Crippen LogP contribution in [-0.2, 0) is 0 Å². The molecule has 7 nitrogen and oxygen atoms in total. The average molecular weight is 410 g/mol. The van der Waals surface area contributed by atoms with Crippen molar-refractivity contribution in [1.29, 1.82) is 0 Å². The van der Waals surface area contributed by atoms with Crippen LogP contribution >= 0.6 is 0 Å². The molecular weight excluding hydrogens is 387 g/mol. The summed E-state index contributed by atoms with van der Waals surface area (Å²) in [6, 6.07) is 7.80. The van der Waals surface area contributed by atoms with Gasteiger partial charge in [-0.15, -0.1) is 0 Å². The minimum absolute atomic E-state index is 0.0526. The Hall–Kier alpha value is -3.03. The zero-order valence-corrected chi connectivity index (χ0v) is 16.4. The molecule has 2 aromatic rings. The van der Waals surface area contributed by atoms with E-state index in [0.717, 1.165) is 38.3 Å². The summed E-state index contributed by atoms with van der Waals surface area (Å²) in [5.41, 5.74) is -0.365. The molecule has 6 rings (SSSR count). The third kappa shape index (κ3) is 3.62. The zero-order valence-electron chi connectivity index (χ0n) is 16.4. The first-order valence-electron chi connectivity index (χ1n) is 10.3. The Morgan fingerprint density at radius 1 is 1.00 bits per heavy atom. The van der Waals surface area contributed by atoms with Crippen molar-refractivity contribution < 1.29 is 18.7 Å². The quantitative estimate of drug-likeness (QED) is 0.807. The van der Waals surface area contributed by atoms with Gasteiger partial charge in [-0.2, -0.15) is 0 Å². The highest BCUT2D eigenvalue weighted by molar-refractivity contribution is 5.92. The van der Waals surface area contributed by atoms with E-state index in [1.165, 1.54) is 12.1 Å². The SMILES string of the molecule is O=C(NC12CC3CC(C1)CC(NC(=O)c1ccccn1)(C3)C2)Oc1ccc(F)cn1. The lowest BCUT2D eigenvalue weighted by Gasteiger charge is -2.61. The summed E-state index contributed by atoms with van der Waals surface area (Å²) in [7, 11) is 0. The van der Waals surface area contributed by atoms with Gasteiger partial charge in [0.1, 0.15) is 11.5 Å². The van der Waals surface area contributed by atoms with Crippen molar-refractivity contribution in [3.63, 3.8) is 0 Å². The molecule has 2 unspecified atom stereocenters. The number of hydrogen-bond acceptors (Lipinski definition) is 5. The molecule has 2 amide bonds. The van der Waals surface area contributed by atoms with Gasteiger partial charge in [0.2, 0.25) is 5.88 Å². The topological polar surface area (TPSA) is 93.2 Å². The minimum Gasteiger partial charge on any atom is -0.391 e. The average Bonchev–Trinajstić information content (AvgIpc) is 2.68. The van der Waals surface area contributed by atoms with Crippen molar-refractivity contribution in [2.75, 3.05) is 0 Å². The van der Waals surface area contributed by atoms with Crippen LogP contribution in [0.15, 0.2) is 42.7 Å². The van der Waals surface area contributed by atoms with E-state index in [1.807, 2.05) is 0 Å². The number of pyridine rings is 2. The Labute approximate surface area is 173 Å². The first-order valence-corrected chi connectivity index (χ1v) is 10.3. The number of nitrogens with zero attached hydrogens (tertiary/aromatic N) is 2. The van der Waals surface area contributed by atoms with Gasteiger partial charge in [-0.1, -0.05) is 6.07 Å². The highest BCUT2D eigenvalue weighted by atomic mass is 19.1. The lowest BCUT2D eigenvalue weighted by atomic mass is 9.50. The predicted molar refractivity (Wildman–Crippen MR) is 105 cm³/mol. The van der Waals surface area contributed by atoms with E-state index in [9.17, 15) is 14.0 Å². The maximum atomic E-state index is 13.0. The maximum absolute atomic E-state index is 13.0. The van der Waals surface area contributed by atoms with Gasteiger partial charge in [0.05, 0.1) is 6.20 Å². The molecule has 4 saturated carbocycles. The fourth-order valence-electron chi connectivity index (χ4n) is 6.12. The molecule has 2 atom stereocenters. The van der Waals surface area contributed by atoms with E-state index in [2.05, 4.69) is 20.6 Å². The van der Waals surface area contributed by atoms with Crippen molar-refractivity contribution in [3.05, 3.63) is 54.2 Å². The number of rotatable bonds is 4. The molecule has 0 spiro atoms. The lowest BCUT2D eigenvalue weighted by molar-refractivity contribution is -0.0450. The van der Waals surface area contributed by atoms with Gasteiger partial charge < -0.3 is 15.4 Å². The molecule has 8 heteroatoms. The summed E-state index contributed by atoms with van der Waals surface area (Å²) in [6.45, 7) is 0. The number of nitrogens with one attached hydrogen (secondary N) is 2. The van der Waals surface area contributed by atoms with Crippen molar-refractivity contribution in [2.24, 2.45) is 11.8 Å². The first-order chi connectivity index (χ1) is 14.4. The van der Waals surface area contributed by atoms with E-state index in [4.69, 9.17) is 4.74 Å². The summed E-state index contributed by atoms with van der Waals surface area (Å²) in [5, 5.41) is 6.31. The van der Waals surface area contributed by atoms with Gasteiger partial charge in [-0.3, -0.25) is 9.78 Å². The van der Waals surface area contributed by atoms with E-state index in [1.54, 1.807) is 24.4 Å². The number of carbonyl (C=O) groups excluding carboxylic acids is 2. The third-order valence-corrected chi connectivity index (χ3v) is 6.60. The molecule has 0 radical (unpaired) electrons.